The van der Waals surface area contributed by atoms with Crippen molar-refractivity contribution in [2.45, 2.75) is 23.6 Å². The minimum absolute atomic E-state index is 0.0728. The predicted molar refractivity (Wildman–Crippen MR) is 142 cm³/mol. The van der Waals surface area contributed by atoms with E-state index in [1.807, 2.05) is 0 Å². The summed E-state index contributed by atoms with van der Waals surface area (Å²) in [7, 11) is -9.48. The summed E-state index contributed by atoms with van der Waals surface area (Å²) in [5.41, 5.74) is 1.63. The van der Waals surface area contributed by atoms with E-state index in [4.69, 9.17) is 5.11 Å². The molecule has 1 aromatic heterocycles. The third-order valence-corrected chi connectivity index (χ3v) is 7.13. The Kier molecular flexibility index (Phi) is 7.84. The maximum Gasteiger partial charge on any atom is 0.295 e. The predicted octanol–water partition coefficient (Wildman–Crippen LogP) is 3.70. The van der Waals surface area contributed by atoms with Gasteiger partial charge < -0.3 is 15.7 Å². The standard InChI is InChI=1S/C23H23N7O7S2/c1-13-10-15(27-23-26-14(2)25-22(28-23)24-8-9-31)6-7-19(13)30-29-16-11-18-17(21(12-16)39(35,36)37)4-3-5-20(18)38(32,33)34/h3-7,10-12,31H,8-9H2,1-2H3,(H,32,33,34)(H,35,36,37)(H2,24,25,26,27,28). The number of benzene rings is 3. The number of anilines is 3. The number of fused-ring (bicyclic) bond motifs is 1. The number of rotatable bonds is 9. The molecule has 1 heterocycles. The van der Waals surface area contributed by atoms with Crippen LogP contribution in [0.2, 0.25) is 0 Å². The van der Waals surface area contributed by atoms with E-state index < -0.39 is 30.0 Å². The molecule has 0 aliphatic heterocycles. The highest BCUT2D eigenvalue weighted by Crippen LogP contribution is 2.34. The van der Waals surface area contributed by atoms with E-state index in [0.29, 0.717) is 28.7 Å². The van der Waals surface area contributed by atoms with Gasteiger partial charge in [-0.25, -0.2) is 0 Å². The Morgan fingerprint density at radius 3 is 2.21 bits per heavy atom. The highest BCUT2D eigenvalue weighted by atomic mass is 32.2. The van der Waals surface area contributed by atoms with Crippen LogP contribution in [0, 0.1) is 13.8 Å². The van der Waals surface area contributed by atoms with Crippen LogP contribution in [0.4, 0.5) is 29.0 Å². The lowest BCUT2D eigenvalue weighted by Gasteiger charge is -2.10. The van der Waals surface area contributed by atoms with Crippen LogP contribution in [0.25, 0.3) is 10.8 Å². The Morgan fingerprint density at radius 2 is 1.54 bits per heavy atom. The molecule has 0 bridgehead atoms. The highest BCUT2D eigenvalue weighted by molar-refractivity contribution is 7.86. The third-order valence-electron chi connectivity index (χ3n) is 5.33. The summed E-state index contributed by atoms with van der Waals surface area (Å²) in [5, 5.41) is 22.8. The fraction of sp³-hybridized carbons (Fsp3) is 0.174. The second kappa shape index (κ2) is 11.0. The zero-order valence-corrected chi connectivity index (χ0v) is 22.2. The molecule has 5 N–H and O–H groups in total. The number of hydrogen-bond donors (Lipinski definition) is 5. The molecule has 0 saturated carbocycles. The number of azo groups is 1. The molecule has 0 amide bonds. The molecule has 0 aliphatic carbocycles. The fourth-order valence-electron chi connectivity index (χ4n) is 3.68. The van der Waals surface area contributed by atoms with Gasteiger partial charge in [-0.15, -0.1) is 0 Å². The van der Waals surface area contributed by atoms with Crippen molar-refractivity contribution in [1.82, 2.24) is 15.0 Å². The Bertz CT molecular complexity index is 1810. The molecule has 0 aliphatic rings. The number of hydrogen-bond acceptors (Lipinski definition) is 12. The first-order valence-electron chi connectivity index (χ1n) is 11.2. The lowest BCUT2D eigenvalue weighted by molar-refractivity contribution is 0.310. The van der Waals surface area contributed by atoms with Crippen molar-refractivity contribution in [2.24, 2.45) is 10.2 Å². The summed E-state index contributed by atoms with van der Waals surface area (Å²) in [6.07, 6.45) is 0. The van der Waals surface area contributed by atoms with Crippen LogP contribution in [-0.4, -0.2) is 59.2 Å². The van der Waals surface area contributed by atoms with E-state index in [-0.39, 0.29) is 35.6 Å². The molecule has 16 heteroatoms. The van der Waals surface area contributed by atoms with Crippen LogP contribution in [0.5, 0.6) is 0 Å². The van der Waals surface area contributed by atoms with Gasteiger partial charge in [0, 0.05) is 23.0 Å². The Morgan fingerprint density at radius 1 is 0.821 bits per heavy atom. The highest BCUT2D eigenvalue weighted by Gasteiger charge is 2.21. The second-order valence-electron chi connectivity index (χ2n) is 8.25. The SMILES string of the molecule is Cc1nc(NCCO)nc(Nc2ccc(N=Nc3cc(S(=O)(=O)O)c4cccc(S(=O)(=O)O)c4c3)c(C)c2)n1. The summed E-state index contributed by atoms with van der Waals surface area (Å²) in [6, 6.07) is 11.0. The first-order valence-corrected chi connectivity index (χ1v) is 14.1. The molecule has 0 spiro atoms. The van der Waals surface area contributed by atoms with Crippen molar-refractivity contribution in [3.63, 3.8) is 0 Å². The average Bonchev–Trinajstić information content (AvgIpc) is 2.84. The van der Waals surface area contributed by atoms with Crippen molar-refractivity contribution >= 4 is 60.0 Å². The molecule has 204 valence electrons. The Labute approximate surface area is 223 Å². The minimum atomic E-state index is -4.77. The summed E-state index contributed by atoms with van der Waals surface area (Å²) in [6.45, 7) is 3.65. The molecule has 3 aromatic carbocycles. The monoisotopic (exact) mass is 573 g/mol. The van der Waals surface area contributed by atoms with E-state index in [1.54, 1.807) is 32.0 Å². The van der Waals surface area contributed by atoms with Gasteiger partial charge in [0.05, 0.1) is 18.0 Å². The maximum atomic E-state index is 12.0. The first-order chi connectivity index (χ1) is 18.3. The lowest BCUT2D eigenvalue weighted by atomic mass is 10.1. The van der Waals surface area contributed by atoms with Gasteiger partial charge in [0.1, 0.15) is 15.6 Å². The van der Waals surface area contributed by atoms with Crippen molar-refractivity contribution < 1.29 is 31.0 Å². The van der Waals surface area contributed by atoms with Crippen LogP contribution >= 0.6 is 0 Å². The Hall–Kier alpha value is -4.09. The lowest BCUT2D eigenvalue weighted by Crippen LogP contribution is -2.11. The van der Waals surface area contributed by atoms with Crippen LogP contribution in [0.15, 0.2) is 68.6 Å². The number of aromatic nitrogens is 3. The molecule has 4 rings (SSSR count). The quantitative estimate of drug-likeness (QED) is 0.143. The van der Waals surface area contributed by atoms with Gasteiger partial charge in [-0.1, -0.05) is 12.1 Å². The summed E-state index contributed by atoms with van der Waals surface area (Å²) in [4.78, 5) is 11.5. The van der Waals surface area contributed by atoms with Crippen LogP contribution in [0.3, 0.4) is 0 Å². The minimum Gasteiger partial charge on any atom is -0.395 e. The molecule has 0 unspecified atom stereocenters. The number of aliphatic hydroxyl groups excluding tert-OH is 1. The fourth-order valence-corrected chi connectivity index (χ4v) is 5.10. The van der Waals surface area contributed by atoms with E-state index in [2.05, 4.69) is 35.8 Å². The first kappa shape index (κ1) is 27.9. The van der Waals surface area contributed by atoms with Gasteiger partial charge in [-0.05, 0) is 55.8 Å². The van der Waals surface area contributed by atoms with Crippen molar-refractivity contribution in [3.05, 3.63) is 59.9 Å². The third kappa shape index (κ3) is 6.68. The zero-order valence-electron chi connectivity index (χ0n) is 20.6. The molecule has 0 radical (unpaired) electrons. The zero-order chi connectivity index (χ0) is 28.4. The van der Waals surface area contributed by atoms with Gasteiger partial charge >= 0.3 is 0 Å². The van der Waals surface area contributed by atoms with E-state index >= 15 is 0 Å². The summed E-state index contributed by atoms with van der Waals surface area (Å²) < 4.78 is 67.0. The Balaban J connectivity index is 1.67. The molecular formula is C23H23N7O7S2. The average molecular weight is 574 g/mol. The molecule has 4 aromatic rings. The number of aryl methyl sites for hydroxylation is 2. The molecule has 39 heavy (non-hydrogen) atoms. The summed E-state index contributed by atoms with van der Waals surface area (Å²) in [5.74, 6) is 1.05. The largest absolute Gasteiger partial charge is 0.395 e. The van der Waals surface area contributed by atoms with Crippen LogP contribution in [-0.2, 0) is 20.2 Å². The van der Waals surface area contributed by atoms with Crippen LogP contribution < -0.4 is 10.6 Å². The molecule has 14 nitrogen and oxygen atoms in total. The topological polar surface area (TPSA) is 216 Å². The van der Waals surface area contributed by atoms with Crippen molar-refractivity contribution in [2.75, 3.05) is 23.8 Å². The van der Waals surface area contributed by atoms with Gasteiger partial charge in [0.15, 0.2) is 0 Å². The smallest absolute Gasteiger partial charge is 0.295 e. The van der Waals surface area contributed by atoms with E-state index in [0.717, 1.165) is 12.1 Å². The van der Waals surface area contributed by atoms with E-state index in [1.165, 1.54) is 18.2 Å². The van der Waals surface area contributed by atoms with Gasteiger partial charge in [0.2, 0.25) is 11.9 Å². The van der Waals surface area contributed by atoms with Gasteiger partial charge in [-0.3, -0.25) is 9.11 Å². The normalized spacial score (nSPS) is 12.2. The van der Waals surface area contributed by atoms with Crippen molar-refractivity contribution in [1.29, 1.82) is 0 Å². The molecule has 0 fully saturated rings. The number of nitrogens with zero attached hydrogens (tertiary/aromatic N) is 5. The van der Waals surface area contributed by atoms with Crippen LogP contribution in [0.1, 0.15) is 11.4 Å². The van der Waals surface area contributed by atoms with E-state index in [9.17, 15) is 25.9 Å². The molecular weight excluding hydrogens is 550 g/mol. The maximum absolute atomic E-state index is 12.0. The molecule has 0 saturated heterocycles. The van der Waals surface area contributed by atoms with Gasteiger partial charge in [-0.2, -0.15) is 42.0 Å². The van der Waals surface area contributed by atoms with Gasteiger partial charge in [0.25, 0.3) is 20.2 Å². The summed E-state index contributed by atoms with van der Waals surface area (Å²) >= 11 is 0. The number of nitrogens with one attached hydrogen (secondary N) is 2. The number of aliphatic hydroxyl groups is 1. The molecule has 0 atom stereocenters. The van der Waals surface area contributed by atoms with Crippen molar-refractivity contribution in [3.8, 4) is 0 Å². The second-order valence-corrected chi connectivity index (χ2v) is 11.0.